The van der Waals surface area contributed by atoms with Crippen LogP contribution < -0.4 is 5.73 Å². The zero-order valence-electron chi connectivity index (χ0n) is 12.1. The third-order valence-electron chi connectivity index (χ3n) is 3.11. The Kier molecular flexibility index (Phi) is 5.17. The second-order valence-corrected chi connectivity index (χ2v) is 5.92. The predicted molar refractivity (Wildman–Crippen MR) is 70.5 cm³/mol. The highest BCUT2D eigenvalue weighted by Gasteiger charge is 2.32. The number of methoxy groups -OCH3 is 1. The standard InChI is InChI=1S/C13H24N2O4/c1-13(2,3)19-12(17)15-6-5-9(10(14)8-15)7-11(16)18-4/h9-10H,5-8,14H2,1-4H3. The number of piperidine rings is 1. The van der Waals surface area contributed by atoms with E-state index in [1.54, 1.807) is 4.90 Å². The van der Waals surface area contributed by atoms with Gasteiger partial charge in [-0.05, 0) is 33.1 Å². The van der Waals surface area contributed by atoms with Gasteiger partial charge in [-0.25, -0.2) is 4.79 Å². The maximum absolute atomic E-state index is 11.9. The molecule has 0 aromatic rings. The summed E-state index contributed by atoms with van der Waals surface area (Å²) in [6, 6.07) is -0.222. The van der Waals surface area contributed by atoms with Gasteiger partial charge in [-0.1, -0.05) is 0 Å². The predicted octanol–water partition coefficient (Wildman–Crippen LogP) is 1.13. The van der Waals surface area contributed by atoms with E-state index in [9.17, 15) is 9.59 Å². The van der Waals surface area contributed by atoms with Crippen LogP contribution in [0.4, 0.5) is 4.79 Å². The van der Waals surface area contributed by atoms with Crippen LogP contribution in [0.1, 0.15) is 33.6 Å². The summed E-state index contributed by atoms with van der Waals surface area (Å²) in [4.78, 5) is 24.7. The van der Waals surface area contributed by atoms with Gasteiger partial charge in [0.1, 0.15) is 5.60 Å². The molecule has 19 heavy (non-hydrogen) atoms. The van der Waals surface area contributed by atoms with Crippen molar-refractivity contribution in [2.24, 2.45) is 11.7 Å². The van der Waals surface area contributed by atoms with Gasteiger partial charge in [0.2, 0.25) is 0 Å². The van der Waals surface area contributed by atoms with Crippen LogP contribution in [-0.4, -0.2) is 48.8 Å². The molecule has 0 spiro atoms. The molecule has 2 unspecified atom stereocenters. The third-order valence-corrected chi connectivity index (χ3v) is 3.11. The average molecular weight is 272 g/mol. The van der Waals surface area contributed by atoms with Gasteiger partial charge in [0.05, 0.1) is 7.11 Å². The van der Waals surface area contributed by atoms with Gasteiger partial charge >= 0.3 is 12.1 Å². The van der Waals surface area contributed by atoms with Gasteiger partial charge in [-0.2, -0.15) is 0 Å². The molecule has 2 N–H and O–H groups in total. The summed E-state index contributed by atoms with van der Waals surface area (Å²) in [6.07, 6.45) is 0.648. The van der Waals surface area contributed by atoms with E-state index in [4.69, 9.17) is 10.5 Å². The van der Waals surface area contributed by atoms with Crippen LogP contribution in [0.2, 0.25) is 0 Å². The average Bonchev–Trinajstić information content (AvgIpc) is 2.29. The van der Waals surface area contributed by atoms with E-state index in [1.807, 2.05) is 20.8 Å². The quantitative estimate of drug-likeness (QED) is 0.762. The van der Waals surface area contributed by atoms with Crippen LogP contribution in [0, 0.1) is 5.92 Å². The fourth-order valence-corrected chi connectivity index (χ4v) is 2.07. The van der Waals surface area contributed by atoms with Crippen molar-refractivity contribution in [3.05, 3.63) is 0 Å². The second-order valence-electron chi connectivity index (χ2n) is 5.92. The van der Waals surface area contributed by atoms with Gasteiger partial charge in [0.25, 0.3) is 0 Å². The number of nitrogens with two attached hydrogens (primary N) is 1. The summed E-state index contributed by atoms with van der Waals surface area (Å²) in [5, 5.41) is 0. The molecule has 110 valence electrons. The van der Waals surface area contributed by atoms with Gasteiger partial charge < -0.3 is 20.1 Å². The summed E-state index contributed by atoms with van der Waals surface area (Å²) in [7, 11) is 1.36. The monoisotopic (exact) mass is 272 g/mol. The van der Waals surface area contributed by atoms with Crippen molar-refractivity contribution >= 4 is 12.1 Å². The zero-order chi connectivity index (χ0) is 14.6. The number of hydrogen-bond donors (Lipinski definition) is 1. The fraction of sp³-hybridized carbons (Fsp3) is 0.846. The molecule has 0 bridgehead atoms. The first kappa shape index (κ1) is 15.8. The molecule has 0 aromatic carbocycles. The summed E-state index contributed by atoms with van der Waals surface area (Å²) in [5.74, 6) is -0.197. The van der Waals surface area contributed by atoms with Crippen molar-refractivity contribution in [3.63, 3.8) is 0 Å². The van der Waals surface area contributed by atoms with Crippen molar-refractivity contribution < 1.29 is 19.1 Å². The molecule has 6 nitrogen and oxygen atoms in total. The first-order chi connectivity index (χ1) is 8.73. The topological polar surface area (TPSA) is 81.9 Å². The second kappa shape index (κ2) is 6.23. The number of carbonyl (C=O) groups is 2. The van der Waals surface area contributed by atoms with E-state index < -0.39 is 5.60 Å². The highest BCUT2D eigenvalue weighted by molar-refractivity contribution is 5.70. The van der Waals surface area contributed by atoms with Crippen LogP contribution in [0.25, 0.3) is 0 Å². The molecule has 1 aliphatic heterocycles. The molecule has 1 amide bonds. The molecular formula is C13H24N2O4. The van der Waals surface area contributed by atoms with Crippen molar-refractivity contribution in [3.8, 4) is 0 Å². The minimum atomic E-state index is -0.510. The van der Waals surface area contributed by atoms with Crippen molar-refractivity contribution in [2.75, 3.05) is 20.2 Å². The van der Waals surface area contributed by atoms with Crippen LogP contribution in [0.5, 0.6) is 0 Å². The highest BCUT2D eigenvalue weighted by atomic mass is 16.6. The van der Waals surface area contributed by atoms with E-state index in [0.29, 0.717) is 25.9 Å². The van der Waals surface area contributed by atoms with Crippen LogP contribution in [0.15, 0.2) is 0 Å². The molecule has 6 heteroatoms. The van der Waals surface area contributed by atoms with Crippen molar-refractivity contribution in [1.82, 2.24) is 4.90 Å². The lowest BCUT2D eigenvalue weighted by Crippen LogP contribution is -2.52. The summed E-state index contributed by atoms with van der Waals surface area (Å²) >= 11 is 0. The van der Waals surface area contributed by atoms with Crippen LogP contribution >= 0.6 is 0 Å². The van der Waals surface area contributed by atoms with Crippen LogP contribution in [-0.2, 0) is 14.3 Å². The largest absolute Gasteiger partial charge is 0.469 e. The SMILES string of the molecule is COC(=O)CC1CCN(C(=O)OC(C)(C)C)CC1N. The first-order valence-electron chi connectivity index (χ1n) is 6.53. The number of nitrogens with zero attached hydrogens (tertiary/aromatic N) is 1. The molecule has 1 saturated heterocycles. The molecular weight excluding hydrogens is 248 g/mol. The Morgan fingerprint density at radius 2 is 2.00 bits per heavy atom. The molecule has 0 radical (unpaired) electrons. The fourth-order valence-electron chi connectivity index (χ4n) is 2.07. The molecule has 0 aliphatic carbocycles. The Balaban J connectivity index is 2.49. The molecule has 1 fully saturated rings. The highest BCUT2D eigenvalue weighted by Crippen LogP contribution is 2.22. The Morgan fingerprint density at radius 3 is 2.47 bits per heavy atom. The number of hydrogen-bond acceptors (Lipinski definition) is 5. The normalized spacial score (nSPS) is 23.9. The number of likely N-dealkylation sites (tertiary alicyclic amines) is 1. The Labute approximate surface area is 114 Å². The van der Waals surface area contributed by atoms with E-state index in [-0.39, 0.29) is 24.0 Å². The Hall–Kier alpha value is -1.30. The molecule has 2 atom stereocenters. The Bertz CT molecular complexity index is 338. The summed E-state index contributed by atoms with van der Waals surface area (Å²) in [6.45, 7) is 6.46. The van der Waals surface area contributed by atoms with Gasteiger partial charge in [0.15, 0.2) is 0 Å². The van der Waals surface area contributed by atoms with E-state index in [2.05, 4.69) is 4.74 Å². The maximum atomic E-state index is 11.9. The smallest absolute Gasteiger partial charge is 0.410 e. The van der Waals surface area contributed by atoms with Gasteiger partial charge in [-0.3, -0.25) is 4.79 Å². The van der Waals surface area contributed by atoms with Crippen molar-refractivity contribution in [2.45, 2.75) is 45.3 Å². The van der Waals surface area contributed by atoms with Crippen LogP contribution in [0.3, 0.4) is 0 Å². The molecule has 1 rings (SSSR count). The minimum Gasteiger partial charge on any atom is -0.469 e. The van der Waals surface area contributed by atoms with E-state index in [1.165, 1.54) is 7.11 Å². The molecule has 0 aromatic heterocycles. The lowest BCUT2D eigenvalue weighted by atomic mass is 9.89. The number of rotatable bonds is 2. The lowest BCUT2D eigenvalue weighted by Gasteiger charge is -2.36. The number of esters is 1. The van der Waals surface area contributed by atoms with Gasteiger partial charge in [-0.15, -0.1) is 0 Å². The number of ether oxygens (including phenoxy) is 2. The summed E-state index contributed by atoms with van der Waals surface area (Å²) < 4.78 is 9.94. The van der Waals surface area contributed by atoms with E-state index in [0.717, 1.165) is 0 Å². The number of carbonyl (C=O) groups excluding carboxylic acids is 2. The zero-order valence-corrected chi connectivity index (χ0v) is 12.1. The Morgan fingerprint density at radius 1 is 1.37 bits per heavy atom. The summed E-state index contributed by atoms with van der Waals surface area (Å²) in [5.41, 5.74) is 5.51. The molecule has 1 aliphatic rings. The maximum Gasteiger partial charge on any atom is 0.410 e. The molecule has 1 heterocycles. The first-order valence-corrected chi connectivity index (χ1v) is 6.53. The third kappa shape index (κ3) is 5.06. The van der Waals surface area contributed by atoms with Crippen molar-refractivity contribution in [1.29, 1.82) is 0 Å². The van der Waals surface area contributed by atoms with E-state index >= 15 is 0 Å². The molecule has 0 saturated carbocycles. The lowest BCUT2D eigenvalue weighted by molar-refractivity contribution is -0.142. The number of amides is 1. The van der Waals surface area contributed by atoms with Gasteiger partial charge in [0, 0.05) is 25.6 Å². The minimum absolute atomic E-state index is 0.0612.